The van der Waals surface area contributed by atoms with Gasteiger partial charge in [-0.3, -0.25) is 14.3 Å². The third-order valence-electron chi connectivity index (χ3n) is 2.68. The molecule has 1 atom stereocenters. The van der Waals surface area contributed by atoms with Crippen molar-refractivity contribution in [1.29, 1.82) is 0 Å². The van der Waals surface area contributed by atoms with Gasteiger partial charge in [-0.1, -0.05) is 6.08 Å². The van der Waals surface area contributed by atoms with Gasteiger partial charge in [-0.15, -0.1) is 6.58 Å². The number of carbonyl (C=O) groups excluding carboxylic acids is 1. The highest BCUT2D eigenvalue weighted by Crippen LogP contribution is 2.20. The number of allylic oxidation sites excluding steroid dienone is 1. The molecule has 0 amide bonds. The topological polar surface area (TPSA) is 113 Å². The van der Waals surface area contributed by atoms with E-state index in [1.165, 1.54) is 6.08 Å². The summed E-state index contributed by atoms with van der Waals surface area (Å²) in [5.41, 5.74) is -0.255. The predicted octanol–water partition coefficient (Wildman–Crippen LogP) is 1.81. The van der Waals surface area contributed by atoms with E-state index in [2.05, 4.69) is 11.3 Å². The Hall–Kier alpha value is -2.26. The Bertz CT molecular complexity index is 651. The lowest BCUT2D eigenvalue weighted by Crippen LogP contribution is -2.28. The molecule has 1 aromatic rings. The van der Waals surface area contributed by atoms with Crippen LogP contribution in [-0.4, -0.2) is 32.5 Å². The molecule has 0 bridgehead atoms. The molecule has 22 heavy (non-hydrogen) atoms. The number of nitro groups is 1. The zero-order valence-electron chi connectivity index (χ0n) is 11.8. The van der Waals surface area contributed by atoms with Crippen molar-refractivity contribution < 1.29 is 27.1 Å². The van der Waals surface area contributed by atoms with Gasteiger partial charge in [-0.25, -0.2) is 4.79 Å². The summed E-state index contributed by atoms with van der Waals surface area (Å²) in [5.74, 6) is -0.827. The van der Waals surface area contributed by atoms with E-state index in [0.29, 0.717) is 6.42 Å². The summed E-state index contributed by atoms with van der Waals surface area (Å²) in [5, 5.41) is 10.5. The molecule has 0 heterocycles. The second-order valence-corrected chi connectivity index (χ2v) is 5.75. The fraction of sp³-hybridized carbons (Fsp3) is 0.308. The molecule has 0 aliphatic rings. The lowest BCUT2D eigenvalue weighted by molar-refractivity contribution is -0.384. The molecule has 0 aliphatic heterocycles. The normalized spacial score (nSPS) is 12.4. The Morgan fingerprint density at radius 2 is 2.00 bits per heavy atom. The minimum Gasteiger partial charge on any atom is -0.467 e. The number of hydrogen-bond acceptors (Lipinski definition) is 7. The van der Waals surface area contributed by atoms with Gasteiger partial charge in [0.2, 0.25) is 0 Å². The summed E-state index contributed by atoms with van der Waals surface area (Å²) in [6.07, 6.45) is 0.651. The Kier molecular flexibility index (Phi) is 6.20. The van der Waals surface area contributed by atoms with Crippen LogP contribution < -0.4 is 0 Å². The van der Waals surface area contributed by atoms with Gasteiger partial charge in [0.1, 0.15) is 0 Å². The molecule has 0 spiro atoms. The van der Waals surface area contributed by atoms with Gasteiger partial charge in [-0.05, 0) is 25.0 Å². The molecule has 9 heteroatoms. The van der Waals surface area contributed by atoms with Crippen molar-refractivity contribution in [1.82, 2.24) is 0 Å². The van der Waals surface area contributed by atoms with Crippen molar-refractivity contribution in [2.75, 3.05) is 7.11 Å². The summed E-state index contributed by atoms with van der Waals surface area (Å²) in [6.45, 7) is 3.48. The molecule has 0 N–H and O–H groups in total. The van der Waals surface area contributed by atoms with Gasteiger partial charge in [0, 0.05) is 12.1 Å². The van der Waals surface area contributed by atoms with E-state index in [4.69, 9.17) is 4.18 Å². The van der Waals surface area contributed by atoms with Crippen LogP contribution >= 0.6 is 0 Å². The van der Waals surface area contributed by atoms with Crippen molar-refractivity contribution >= 4 is 21.8 Å². The molecule has 8 nitrogen and oxygen atoms in total. The average Bonchev–Trinajstić information content (AvgIpc) is 2.50. The number of nitro benzene ring substituents is 1. The van der Waals surface area contributed by atoms with Gasteiger partial charge in [0.05, 0.1) is 16.9 Å². The first-order valence-corrected chi connectivity index (χ1v) is 7.59. The molecule has 1 aromatic carbocycles. The van der Waals surface area contributed by atoms with Crippen LogP contribution in [0.5, 0.6) is 0 Å². The number of ether oxygens (including phenoxy) is 1. The number of non-ortho nitro benzene ring substituents is 1. The number of methoxy groups -OCH3 is 1. The largest absolute Gasteiger partial charge is 0.467 e. The highest BCUT2D eigenvalue weighted by atomic mass is 32.2. The second-order valence-electron chi connectivity index (χ2n) is 4.18. The van der Waals surface area contributed by atoms with Crippen LogP contribution in [0.15, 0.2) is 41.8 Å². The monoisotopic (exact) mass is 329 g/mol. The van der Waals surface area contributed by atoms with Crippen LogP contribution in [0.3, 0.4) is 0 Å². The van der Waals surface area contributed by atoms with Crippen LogP contribution in [0.25, 0.3) is 0 Å². The maximum Gasteiger partial charge on any atom is 0.336 e. The summed E-state index contributed by atoms with van der Waals surface area (Å²) in [7, 11) is -3.13. The van der Waals surface area contributed by atoms with E-state index in [1.54, 1.807) is 0 Å². The highest BCUT2D eigenvalue weighted by molar-refractivity contribution is 7.86. The van der Waals surface area contributed by atoms with Crippen LogP contribution in [0, 0.1) is 10.1 Å². The molecular formula is C13H15NO7S. The van der Waals surface area contributed by atoms with E-state index in [9.17, 15) is 23.3 Å². The number of benzene rings is 1. The van der Waals surface area contributed by atoms with Crippen molar-refractivity contribution in [3.8, 4) is 0 Å². The van der Waals surface area contributed by atoms with Gasteiger partial charge in [0.25, 0.3) is 15.8 Å². The zero-order chi connectivity index (χ0) is 16.8. The molecule has 0 aliphatic carbocycles. The molecule has 0 saturated heterocycles. The van der Waals surface area contributed by atoms with E-state index in [-0.39, 0.29) is 17.0 Å². The minimum absolute atomic E-state index is 0.0857. The first-order chi connectivity index (χ1) is 10.3. The maximum absolute atomic E-state index is 12.1. The number of nitrogens with zero attached hydrogens (tertiary/aromatic N) is 1. The SMILES string of the molecule is C=CCC[C@@H](OS(=O)(=O)c1ccc([N+](=O)[O-])cc1)C(=O)OC. The summed E-state index contributed by atoms with van der Waals surface area (Å²) in [4.78, 5) is 21.1. The zero-order valence-corrected chi connectivity index (χ0v) is 12.6. The Labute approximate surface area is 127 Å². The van der Waals surface area contributed by atoms with E-state index in [0.717, 1.165) is 31.4 Å². The first-order valence-electron chi connectivity index (χ1n) is 6.18. The predicted molar refractivity (Wildman–Crippen MR) is 76.6 cm³/mol. The van der Waals surface area contributed by atoms with Crippen LogP contribution in [0.1, 0.15) is 12.8 Å². The van der Waals surface area contributed by atoms with E-state index >= 15 is 0 Å². The molecule has 120 valence electrons. The molecule has 0 saturated carbocycles. The average molecular weight is 329 g/mol. The summed E-state index contributed by atoms with van der Waals surface area (Å²) >= 11 is 0. The molecular weight excluding hydrogens is 314 g/mol. The summed E-state index contributed by atoms with van der Waals surface area (Å²) in [6, 6.07) is 4.14. The van der Waals surface area contributed by atoms with Crippen LogP contribution in [0.4, 0.5) is 5.69 Å². The molecule has 1 rings (SSSR count). The minimum atomic E-state index is -4.25. The second kappa shape index (κ2) is 7.66. The first kappa shape index (κ1) is 17.8. The van der Waals surface area contributed by atoms with E-state index in [1.807, 2.05) is 0 Å². The number of rotatable bonds is 8. The third-order valence-corrected chi connectivity index (χ3v) is 4.01. The standard InChI is InChI=1S/C13H15NO7S/c1-3-4-5-12(13(15)20-2)21-22(18,19)11-8-6-10(7-9-11)14(16)17/h3,6-9,12H,1,4-5H2,2H3/t12-/m1/s1. The fourth-order valence-corrected chi connectivity index (χ4v) is 2.61. The van der Waals surface area contributed by atoms with Crippen molar-refractivity contribution in [3.05, 3.63) is 47.0 Å². The molecule has 0 unspecified atom stereocenters. The van der Waals surface area contributed by atoms with Crippen LogP contribution in [0.2, 0.25) is 0 Å². The van der Waals surface area contributed by atoms with Gasteiger partial charge >= 0.3 is 5.97 Å². The summed E-state index contributed by atoms with van der Waals surface area (Å²) < 4.78 is 33.5. The lowest BCUT2D eigenvalue weighted by Gasteiger charge is -2.14. The smallest absolute Gasteiger partial charge is 0.336 e. The Morgan fingerprint density at radius 1 is 1.41 bits per heavy atom. The maximum atomic E-state index is 12.1. The highest BCUT2D eigenvalue weighted by Gasteiger charge is 2.28. The number of hydrogen-bond donors (Lipinski definition) is 0. The van der Waals surface area contributed by atoms with E-state index < -0.39 is 27.1 Å². The molecule has 0 aromatic heterocycles. The Balaban J connectivity index is 2.98. The van der Waals surface area contributed by atoms with Crippen molar-refractivity contribution in [2.45, 2.75) is 23.8 Å². The fourth-order valence-electron chi connectivity index (χ4n) is 1.55. The third kappa shape index (κ3) is 4.64. The number of esters is 1. The van der Waals surface area contributed by atoms with Crippen molar-refractivity contribution in [3.63, 3.8) is 0 Å². The molecule has 0 radical (unpaired) electrons. The van der Waals surface area contributed by atoms with Gasteiger partial charge < -0.3 is 4.74 Å². The molecule has 0 fully saturated rings. The van der Waals surface area contributed by atoms with Crippen LogP contribution in [-0.2, 0) is 23.8 Å². The Morgan fingerprint density at radius 3 is 2.45 bits per heavy atom. The van der Waals surface area contributed by atoms with Gasteiger partial charge in [0.15, 0.2) is 6.10 Å². The number of carbonyl (C=O) groups is 1. The van der Waals surface area contributed by atoms with Gasteiger partial charge in [-0.2, -0.15) is 8.42 Å². The quantitative estimate of drug-likeness (QED) is 0.235. The van der Waals surface area contributed by atoms with Crippen molar-refractivity contribution in [2.24, 2.45) is 0 Å². The lowest BCUT2D eigenvalue weighted by atomic mass is 10.2.